The average molecular weight is 404 g/mol. The number of aliphatic hydroxyl groups is 1. The van der Waals surface area contributed by atoms with Crippen LogP contribution in [-0.2, 0) is 33.4 Å². The Morgan fingerprint density at radius 2 is 2.03 bits per heavy atom. The molecule has 1 heterocycles. The van der Waals surface area contributed by atoms with Crippen LogP contribution in [0.15, 0.2) is 49.1 Å². The van der Waals surface area contributed by atoms with Crippen molar-refractivity contribution in [3.63, 3.8) is 0 Å². The van der Waals surface area contributed by atoms with Crippen LogP contribution < -0.4 is 0 Å². The Morgan fingerprint density at radius 3 is 2.55 bits per heavy atom. The summed E-state index contributed by atoms with van der Waals surface area (Å²) in [6.07, 6.45) is 0.252. The molecule has 0 radical (unpaired) electrons. The molecule has 2 aliphatic rings. The van der Waals surface area contributed by atoms with E-state index in [1.165, 1.54) is 13.0 Å². The molecule has 1 aliphatic heterocycles. The molecule has 8 nitrogen and oxygen atoms in total. The molecule has 0 unspecified atom stereocenters. The third-order valence-corrected chi connectivity index (χ3v) is 5.43. The van der Waals surface area contributed by atoms with Gasteiger partial charge in [-0.05, 0) is 12.0 Å². The summed E-state index contributed by atoms with van der Waals surface area (Å²) in [5.74, 6) is -3.59. The van der Waals surface area contributed by atoms with E-state index in [9.17, 15) is 19.2 Å². The van der Waals surface area contributed by atoms with Gasteiger partial charge in [-0.3, -0.25) is 9.59 Å². The summed E-state index contributed by atoms with van der Waals surface area (Å²) in [4.78, 5) is 47.5. The lowest BCUT2D eigenvalue weighted by molar-refractivity contribution is -0.168. The summed E-state index contributed by atoms with van der Waals surface area (Å²) in [5, 5.41) is 9.14. The Hall–Kier alpha value is -3.00. The van der Waals surface area contributed by atoms with Crippen molar-refractivity contribution >= 4 is 24.2 Å². The third kappa shape index (κ3) is 4.07. The monoisotopic (exact) mass is 404 g/mol. The van der Waals surface area contributed by atoms with Crippen LogP contribution >= 0.6 is 0 Å². The van der Waals surface area contributed by atoms with Gasteiger partial charge in [0.15, 0.2) is 0 Å². The first-order valence-electron chi connectivity index (χ1n) is 8.92. The maximum absolute atomic E-state index is 12.2. The Kier molecular flexibility index (Phi) is 6.58. The number of fused-ring (bicyclic) bond motifs is 1. The predicted octanol–water partition coefficient (Wildman–Crippen LogP) is 1.05. The normalized spacial score (nSPS) is 30.6. The summed E-state index contributed by atoms with van der Waals surface area (Å²) in [6, 6.07) is 0. The molecule has 1 saturated heterocycles. The summed E-state index contributed by atoms with van der Waals surface area (Å²) < 4.78 is 16.2. The van der Waals surface area contributed by atoms with E-state index >= 15 is 0 Å². The molecule has 5 atom stereocenters. The highest BCUT2D eigenvalue weighted by Gasteiger charge is 2.60. The predicted molar refractivity (Wildman–Crippen MR) is 101 cm³/mol. The minimum absolute atomic E-state index is 0.0581. The average Bonchev–Trinajstić information content (AvgIpc) is 2.99. The van der Waals surface area contributed by atoms with Crippen LogP contribution in [0, 0.1) is 17.3 Å². The van der Waals surface area contributed by atoms with Crippen molar-refractivity contribution in [3.8, 4) is 0 Å². The van der Waals surface area contributed by atoms with E-state index in [1.54, 1.807) is 0 Å². The molecule has 2 fully saturated rings. The van der Waals surface area contributed by atoms with Gasteiger partial charge in [-0.15, -0.1) is 6.58 Å². The quantitative estimate of drug-likeness (QED) is 0.210. The maximum atomic E-state index is 12.2. The molecule has 156 valence electrons. The molecule has 0 aromatic carbocycles. The lowest BCUT2D eigenvalue weighted by atomic mass is 9.58. The Bertz CT molecular complexity index is 795. The second kappa shape index (κ2) is 8.57. The highest BCUT2D eigenvalue weighted by molar-refractivity contribution is 5.92. The molecule has 0 spiro atoms. The van der Waals surface area contributed by atoms with Crippen molar-refractivity contribution in [1.29, 1.82) is 0 Å². The second-order valence-electron chi connectivity index (χ2n) is 7.22. The molecule has 1 N–H and O–H groups in total. The fourth-order valence-electron chi connectivity index (χ4n) is 3.98. The Labute approximate surface area is 168 Å². The van der Waals surface area contributed by atoms with E-state index < -0.39 is 54.0 Å². The van der Waals surface area contributed by atoms with Gasteiger partial charge in [0.05, 0.1) is 18.1 Å². The van der Waals surface area contributed by atoms with Crippen LogP contribution in [0.25, 0.3) is 0 Å². The van der Waals surface area contributed by atoms with E-state index in [0.29, 0.717) is 6.29 Å². The van der Waals surface area contributed by atoms with Crippen molar-refractivity contribution < 1.29 is 38.5 Å². The molecule has 0 aromatic heterocycles. The molecule has 8 heteroatoms. The first-order valence-corrected chi connectivity index (χ1v) is 8.92. The number of hydrogen-bond donors (Lipinski definition) is 1. The zero-order valence-corrected chi connectivity index (χ0v) is 16.2. The van der Waals surface area contributed by atoms with Crippen molar-refractivity contribution in [2.75, 3.05) is 13.2 Å². The molecular weight excluding hydrogens is 380 g/mol. The molecule has 29 heavy (non-hydrogen) atoms. The minimum Gasteiger partial charge on any atom is -0.465 e. The van der Waals surface area contributed by atoms with Crippen molar-refractivity contribution in [3.05, 3.63) is 49.1 Å². The third-order valence-electron chi connectivity index (χ3n) is 5.43. The van der Waals surface area contributed by atoms with Gasteiger partial charge in [0.1, 0.15) is 25.1 Å². The minimum atomic E-state index is -1.10. The number of carbonyl (C=O) groups excluding carboxylic acids is 4. The van der Waals surface area contributed by atoms with E-state index in [-0.39, 0.29) is 29.7 Å². The highest BCUT2D eigenvalue weighted by Crippen LogP contribution is 2.53. The molecule has 0 bridgehead atoms. The zero-order chi connectivity index (χ0) is 21.9. The van der Waals surface area contributed by atoms with Gasteiger partial charge in [-0.1, -0.05) is 25.8 Å². The van der Waals surface area contributed by atoms with E-state index in [1.807, 2.05) is 0 Å². The molecule has 0 amide bonds. The summed E-state index contributed by atoms with van der Waals surface area (Å²) >= 11 is 0. The Balaban J connectivity index is 2.54. The summed E-state index contributed by atoms with van der Waals surface area (Å²) in [7, 11) is 0. The van der Waals surface area contributed by atoms with Gasteiger partial charge in [0, 0.05) is 23.8 Å². The second-order valence-corrected chi connectivity index (χ2v) is 7.22. The molecule has 0 aromatic rings. The Morgan fingerprint density at radius 1 is 1.38 bits per heavy atom. The van der Waals surface area contributed by atoms with Gasteiger partial charge >= 0.3 is 17.9 Å². The fraction of sp³-hybridized carbons (Fsp3) is 0.429. The standard InChI is InChI=1S/C21H24O8/c1-6-21(10-27-14(5)24)7-15(28-19(25)12(3)9-23)16-13(4)20(26)29-18(16)17(21)11(2)8-22/h6,8,15-18,23H,1-4,7,9-10H2,5H3/t15-,16+,17+,18-,21+/m0/s1. The van der Waals surface area contributed by atoms with E-state index in [4.69, 9.17) is 19.3 Å². The number of hydrogen-bond acceptors (Lipinski definition) is 8. The van der Waals surface area contributed by atoms with Crippen LogP contribution in [0.4, 0.5) is 0 Å². The van der Waals surface area contributed by atoms with E-state index in [2.05, 4.69) is 26.3 Å². The van der Waals surface area contributed by atoms with Gasteiger partial charge in [-0.25, -0.2) is 9.59 Å². The van der Waals surface area contributed by atoms with Crippen LogP contribution in [0.3, 0.4) is 0 Å². The highest BCUT2D eigenvalue weighted by atomic mass is 16.6. The SMILES string of the molecule is C=C[C@]1(COC(C)=O)C[C@H](OC(=O)C(=C)CO)[C@H]2C(=C)C(=O)O[C@@H]2[C@H]1C(=C)C=O. The smallest absolute Gasteiger partial charge is 0.336 e. The van der Waals surface area contributed by atoms with Crippen LogP contribution in [-0.4, -0.2) is 54.7 Å². The van der Waals surface area contributed by atoms with Crippen LogP contribution in [0.2, 0.25) is 0 Å². The summed E-state index contributed by atoms with van der Waals surface area (Å²) in [6.45, 7) is 15.2. The van der Waals surface area contributed by atoms with Crippen LogP contribution in [0.5, 0.6) is 0 Å². The van der Waals surface area contributed by atoms with Gasteiger partial charge in [0.25, 0.3) is 0 Å². The van der Waals surface area contributed by atoms with Crippen molar-refractivity contribution in [1.82, 2.24) is 0 Å². The van der Waals surface area contributed by atoms with Gasteiger partial charge in [-0.2, -0.15) is 0 Å². The first kappa shape index (κ1) is 22.3. The van der Waals surface area contributed by atoms with Crippen molar-refractivity contribution in [2.45, 2.75) is 25.6 Å². The number of aliphatic hydroxyl groups excluding tert-OH is 1. The van der Waals surface area contributed by atoms with Crippen molar-refractivity contribution in [2.24, 2.45) is 17.3 Å². The number of ether oxygens (including phenoxy) is 3. The van der Waals surface area contributed by atoms with Gasteiger partial charge in [0.2, 0.25) is 0 Å². The van der Waals surface area contributed by atoms with Crippen LogP contribution in [0.1, 0.15) is 13.3 Å². The molecule has 2 rings (SSSR count). The number of aldehydes is 1. The molecule has 1 aliphatic carbocycles. The first-order chi connectivity index (χ1) is 13.6. The van der Waals surface area contributed by atoms with Gasteiger partial charge < -0.3 is 19.3 Å². The maximum Gasteiger partial charge on any atom is 0.336 e. The molecular formula is C21H24O8. The van der Waals surface area contributed by atoms with E-state index in [0.717, 1.165) is 0 Å². The number of rotatable bonds is 8. The topological polar surface area (TPSA) is 116 Å². The lowest BCUT2D eigenvalue weighted by Gasteiger charge is -2.49. The number of esters is 3. The largest absolute Gasteiger partial charge is 0.465 e. The number of carbonyl (C=O) groups is 4. The summed E-state index contributed by atoms with van der Waals surface area (Å²) in [5.41, 5.74) is -1.04. The fourth-order valence-corrected chi connectivity index (χ4v) is 3.98. The zero-order valence-electron chi connectivity index (χ0n) is 16.2. The molecule has 1 saturated carbocycles. The lowest BCUT2D eigenvalue weighted by Crippen LogP contribution is -2.54.